The fourth-order valence-corrected chi connectivity index (χ4v) is 4.63. The maximum atomic E-state index is 12.8. The van der Waals surface area contributed by atoms with Crippen molar-refractivity contribution in [3.05, 3.63) is 29.8 Å². The zero-order chi connectivity index (χ0) is 20.5. The summed E-state index contributed by atoms with van der Waals surface area (Å²) in [5.74, 6) is 1.31. The van der Waals surface area contributed by atoms with Gasteiger partial charge in [0.15, 0.2) is 0 Å². The molecular formula is C21H30F3N3O. The molecule has 0 bridgehead atoms. The molecule has 0 radical (unpaired) electrons. The number of carbonyl (C=O) groups excluding carboxylic acids is 1. The lowest BCUT2D eigenvalue weighted by Gasteiger charge is -2.25. The number of hydrogen-bond acceptors (Lipinski definition) is 3. The number of anilines is 1. The summed E-state index contributed by atoms with van der Waals surface area (Å²) in [5, 5.41) is 6.34. The predicted molar refractivity (Wildman–Crippen MR) is 104 cm³/mol. The number of halogens is 3. The molecule has 1 heterocycles. The highest BCUT2D eigenvalue weighted by molar-refractivity contribution is 5.82. The minimum Gasteiger partial charge on any atom is -0.371 e. The summed E-state index contributed by atoms with van der Waals surface area (Å²) in [4.78, 5) is 14.8. The van der Waals surface area contributed by atoms with Gasteiger partial charge in [-0.2, -0.15) is 13.2 Å². The standard InChI is InChI=1S/C21H30F3N3O/c1-13(2)10-19(25-3)20(28)26-18-9-4-14-11-27(12-17(14)18)16-7-5-15(6-8-16)21(22,23)24/h5-8,13-14,17-19,25H,4,9-12H2,1-3H3,(H,26,28)/t14-,17+,18+,19-/m1/s1. The summed E-state index contributed by atoms with van der Waals surface area (Å²) in [6, 6.07) is 5.35. The van der Waals surface area contributed by atoms with Crippen molar-refractivity contribution in [1.29, 1.82) is 0 Å². The molecule has 4 nitrogen and oxygen atoms in total. The predicted octanol–water partition coefficient (Wildman–Crippen LogP) is 3.67. The van der Waals surface area contributed by atoms with E-state index in [4.69, 9.17) is 0 Å². The number of fused-ring (bicyclic) bond motifs is 1. The van der Waals surface area contributed by atoms with Gasteiger partial charge in [0.05, 0.1) is 11.6 Å². The second-order valence-electron chi connectivity index (χ2n) is 8.54. The van der Waals surface area contributed by atoms with Crippen molar-refractivity contribution in [2.75, 3.05) is 25.0 Å². The van der Waals surface area contributed by atoms with E-state index in [1.807, 2.05) is 7.05 Å². The Morgan fingerprint density at radius 2 is 1.86 bits per heavy atom. The van der Waals surface area contributed by atoms with Crippen LogP contribution in [-0.2, 0) is 11.0 Å². The van der Waals surface area contributed by atoms with E-state index in [9.17, 15) is 18.0 Å². The van der Waals surface area contributed by atoms with Crippen LogP contribution in [0.25, 0.3) is 0 Å². The number of nitrogens with zero attached hydrogens (tertiary/aromatic N) is 1. The Balaban J connectivity index is 1.61. The Morgan fingerprint density at radius 1 is 1.18 bits per heavy atom. The molecule has 1 aromatic rings. The van der Waals surface area contributed by atoms with Crippen molar-refractivity contribution in [1.82, 2.24) is 10.6 Å². The second-order valence-corrected chi connectivity index (χ2v) is 8.54. The minimum absolute atomic E-state index is 0.0508. The Kier molecular flexibility index (Phi) is 6.22. The molecule has 4 atom stereocenters. The summed E-state index contributed by atoms with van der Waals surface area (Å²) >= 11 is 0. The highest BCUT2D eigenvalue weighted by atomic mass is 19.4. The topological polar surface area (TPSA) is 44.4 Å². The highest BCUT2D eigenvalue weighted by Crippen LogP contribution is 2.40. The molecule has 1 saturated heterocycles. The summed E-state index contributed by atoms with van der Waals surface area (Å²) in [6.07, 6.45) is -1.50. The van der Waals surface area contributed by atoms with E-state index < -0.39 is 11.7 Å². The second kappa shape index (κ2) is 8.31. The maximum Gasteiger partial charge on any atom is 0.416 e. The van der Waals surface area contributed by atoms with Crippen molar-refractivity contribution in [3.63, 3.8) is 0 Å². The SMILES string of the molecule is CN[C@H](CC(C)C)C(=O)N[C@H]1CC[C@@H]2CN(c3ccc(C(F)(F)F)cc3)C[C@@H]21. The first-order chi connectivity index (χ1) is 13.2. The fourth-order valence-electron chi connectivity index (χ4n) is 4.63. The van der Waals surface area contributed by atoms with Gasteiger partial charge in [-0.05, 0) is 62.4 Å². The van der Waals surface area contributed by atoms with Crippen molar-refractivity contribution < 1.29 is 18.0 Å². The molecule has 2 fully saturated rings. The molecule has 7 heteroatoms. The van der Waals surface area contributed by atoms with Gasteiger partial charge in [-0.25, -0.2) is 0 Å². The molecule has 2 aliphatic rings. The lowest BCUT2D eigenvalue weighted by atomic mass is 9.97. The zero-order valence-electron chi connectivity index (χ0n) is 16.7. The molecule has 0 spiro atoms. The first-order valence-corrected chi connectivity index (χ1v) is 10.1. The van der Waals surface area contributed by atoms with Gasteiger partial charge in [-0.1, -0.05) is 13.8 Å². The molecule has 28 heavy (non-hydrogen) atoms. The van der Waals surface area contributed by atoms with E-state index in [2.05, 4.69) is 29.4 Å². The number of carbonyl (C=O) groups is 1. The van der Waals surface area contributed by atoms with E-state index in [0.29, 0.717) is 17.8 Å². The number of nitrogens with one attached hydrogen (secondary N) is 2. The fraction of sp³-hybridized carbons (Fsp3) is 0.667. The molecule has 1 aliphatic heterocycles. The number of likely N-dealkylation sites (N-methyl/N-ethyl adjacent to an activating group) is 1. The largest absolute Gasteiger partial charge is 0.416 e. The third kappa shape index (κ3) is 4.62. The van der Waals surface area contributed by atoms with Gasteiger partial charge < -0.3 is 15.5 Å². The molecule has 0 unspecified atom stereocenters. The molecule has 1 amide bonds. The minimum atomic E-state index is -4.31. The van der Waals surface area contributed by atoms with Crippen LogP contribution in [0.1, 0.15) is 38.7 Å². The summed E-state index contributed by atoms with van der Waals surface area (Å²) < 4.78 is 38.3. The molecule has 0 aromatic heterocycles. The lowest BCUT2D eigenvalue weighted by molar-refractivity contribution is -0.137. The van der Waals surface area contributed by atoms with Crippen LogP contribution in [0.5, 0.6) is 0 Å². The maximum absolute atomic E-state index is 12.8. The third-order valence-electron chi connectivity index (χ3n) is 6.12. The molecule has 156 valence electrons. The number of rotatable bonds is 6. The van der Waals surface area contributed by atoms with Crippen LogP contribution in [0.4, 0.5) is 18.9 Å². The monoisotopic (exact) mass is 397 g/mol. The Bertz CT molecular complexity index is 674. The Hall–Kier alpha value is -1.76. The number of hydrogen-bond donors (Lipinski definition) is 2. The van der Waals surface area contributed by atoms with E-state index >= 15 is 0 Å². The van der Waals surface area contributed by atoms with E-state index in [1.165, 1.54) is 0 Å². The quantitative estimate of drug-likeness (QED) is 0.770. The Labute approximate surface area is 164 Å². The van der Waals surface area contributed by atoms with E-state index in [-0.39, 0.29) is 18.0 Å². The van der Waals surface area contributed by atoms with Gasteiger partial charge in [0.2, 0.25) is 5.91 Å². The van der Waals surface area contributed by atoms with Gasteiger partial charge in [0.25, 0.3) is 0 Å². The van der Waals surface area contributed by atoms with Crippen LogP contribution in [0.2, 0.25) is 0 Å². The number of alkyl halides is 3. The van der Waals surface area contributed by atoms with Crippen LogP contribution < -0.4 is 15.5 Å². The van der Waals surface area contributed by atoms with Gasteiger partial charge in [-0.15, -0.1) is 0 Å². The number of benzene rings is 1. The average molecular weight is 397 g/mol. The molecule has 1 saturated carbocycles. The number of amides is 1. The molecule has 1 aliphatic carbocycles. The van der Waals surface area contributed by atoms with Gasteiger partial charge >= 0.3 is 6.18 Å². The van der Waals surface area contributed by atoms with Gasteiger partial charge in [0, 0.05) is 30.7 Å². The lowest BCUT2D eigenvalue weighted by Crippen LogP contribution is -2.49. The zero-order valence-corrected chi connectivity index (χ0v) is 16.7. The van der Waals surface area contributed by atoms with E-state index in [0.717, 1.165) is 50.2 Å². The van der Waals surface area contributed by atoms with Gasteiger partial charge in [0.1, 0.15) is 0 Å². The average Bonchev–Trinajstić information content (AvgIpc) is 3.21. The van der Waals surface area contributed by atoms with E-state index in [1.54, 1.807) is 12.1 Å². The van der Waals surface area contributed by atoms with Gasteiger partial charge in [-0.3, -0.25) is 4.79 Å². The van der Waals surface area contributed by atoms with Crippen molar-refractivity contribution in [3.8, 4) is 0 Å². The van der Waals surface area contributed by atoms with Crippen molar-refractivity contribution in [2.24, 2.45) is 17.8 Å². The van der Waals surface area contributed by atoms with Crippen LogP contribution in [0.3, 0.4) is 0 Å². The summed E-state index contributed by atoms with van der Waals surface area (Å²) in [5.41, 5.74) is 0.199. The van der Waals surface area contributed by atoms with Crippen molar-refractivity contribution >= 4 is 11.6 Å². The smallest absolute Gasteiger partial charge is 0.371 e. The first kappa shape index (κ1) is 21.0. The first-order valence-electron chi connectivity index (χ1n) is 10.1. The molecule has 1 aromatic carbocycles. The summed E-state index contributed by atoms with van der Waals surface area (Å²) in [6.45, 7) is 5.81. The van der Waals surface area contributed by atoms with Crippen LogP contribution in [-0.4, -0.2) is 38.1 Å². The normalized spacial score (nSPS) is 25.8. The molecular weight excluding hydrogens is 367 g/mol. The van der Waals surface area contributed by atoms with Crippen LogP contribution in [0, 0.1) is 17.8 Å². The van der Waals surface area contributed by atoms with Crippen LogP contribution >= 0.6 is 0 Å². The Morgan fingerprint density at radius 3 is 2.43 bits per heavy atom. The van der Waals surface area contributed by atoms with Crippen molar-refractivity contribution in [2.45, 2.75) is 51.4 Å². The molecule has 3 rings (SSSR count). The van der Waals surface area contributed by atoms with Crippen LogP contribution in [0.15, 0.2) is 24.3 Å². The third-order valence-corrected chi connectivity index (χ3v) is 6.12. The highest BCUT2D eigenvalue weighted by Gasteiger charge is 2.43. The molecule has 2 N–H and O–H groups in total. The summed E-state index contributed by atoms with van der Waals surface area (Å²) in [7, 11) is 1.81.